The molecule has 0 unspecified atom stereocenters. The number of benzene rings is 3. The molecule has 7 nitrogen and oxygen atoms in total. The van der Waals surface area contributed by atoms with Crippen molar-refractivity contribution in [3.05, 3.63) is 78.4 Å². The van der Waals surface area contributed by atoms with Crippen molar-refractivity contribution in [3.63, 3.8) is 0 Å². The van der Waals surface area contributed by atoms with Crippen molar-refractivity contribution < 1.29 is 22.7 Å². The Morgan fingerprint density at radius 3 is 2.13 bits per heavy atom. The molecule has 0 bridgehead atoms. The molecule has 31 heavy (non-hydrogen) atoms. The Hall–Kier alpha value is -3.52. The molecular weight excluding hydrogens is 416 g/mol. The lowest BCUT2D eigenvalue weighted by Gasteiger charge is -2.11. The number of rotatable bonds is 9. The van der Waals surface area contributed by atoms with Crippen LogP contribution in [0.5, 0.6) is 11.5 Å². The summed E-state index contributed by atoms with van der Waals surface area (Å²) < 4.78 is 38.5. The maximum absolute atomic E-state index is 12.6. The zero-order valence-corrected chi connectivity index (χ0v) is 18.1. The molecule has 1 amide bonds. The van der Waals surface area contributed by atoms with Crippen molar-refractivity contribution in [2.24, 2.45) is 0 Å². The van der Waals surface area contributed by atoms with E-state index in [2.05, 4.69) is 10.0 Å². The fourth-order valence-electron chi connectivity index (χ4n) is 2.76. The molecule has 0 saturated carbocycles. The van der Waals surface area contributed by atoms with Crippen LogP contribution in [0.15, 0.2) is 77.7 Å². The van der Waals surface area contributed by atoms with E-state index in [1.165, 1.54) is 24.3 Å². The number of ether oxygens (including phenoxy) is 2. The fraction of sp³-hybridized carbons (Fsp3) is 0.174. The molecule has 0 fully saturated rings. The number of anilines is 2. The van der Waals surface area contributed by atoms with Gasteiger partial charge in [0, 0.05) is 11.4 Å². The SMILES string of the molecule is CCOc1ccc(NS(=O)(=O)c2ccc(OCC(=O)Nc3ccccc3C)cc2)cc1. The predicted octanol–water partition coefficient (Wildman–Crippen LogP) is 4.21. The minimum Gasteiger partial charge on any atom is -0.494 e. The summed E-state index contributed by atoms with van der Waals surface area (Å²) in [5, 5.41) is 2.78. The van der Waals surface area contributed by atoms with Gasteiger partial charge >= 0.3 is 0 Å². The largest absolute Gasteiger partial charge is 0.494 e. The van der Waals surface area contributed by atoms with Crippen LogP contribution in [0.4, 0.5) is 11.4 Å². The highest BCUT2D eigenvalue weighted by Gasteiger charge is 2.14. The first-order chi connectivity index (χ1) is 14.9. The fourth-order valence-corrected chi connectivity index (χ4v) is 3.82. The summed E-state index contributed by atoms with van der Waals surface area (Å²) in [5.41, 5.74) is 2.10. The molecule has 3 aromatic carbocycles. The predicted molar refractivity (Wildman–Crippen MR) is 120 cm³/mol. The summed E-state index contributed by atoms with van der Waals surface area (Å²) in [5.74, 6) is 0.751. The molecule has 0 heterocycles. The third kappa shape index (κ3) is 6.23. The van der Waals surface area contributed by atoms with Gasteiger partial charge < -0.3 is 14.8 Å². The third-order valence-electron chi connectivity index (χ3n) is 4.34. The van der Waals surface area contributed by atoms with Gasteiger partial charge in [0.15, 0.2) is 6.61 Å². The second kappa shape index (κ2) is 9.99. The van der Waals surface area contributed by atoms with E-state index in [1.54, 1.807) is 24.3 Å². The Morgan fingerprint density at radius 1 is 0.871 bits per heavy atom. The van der Waals surface area contributed by atoms with Gasteiger partial charge in [0.25, 0.3) is 15.9 Å². The topological polar surface area (TPSA) is 93.7 Å². The minimum atomic E-state index is -3.76. The standard InChI is InChI=1S/C23H24N2O5S/c1-3-29-19-10-8-18(9-11-19)25-31(27,28)21-14-12-20(13-15-21)30-16-23(26)24-22-7-5-4-6-17(22)2/h4-15,25H,3,16H2,1-2H3,(H,24,26). The van der Waals surface area contributed by atoms with Gasteiger partial charge in [-0.2, -0.15) is 0 Å². The van der Waals surface area contributed by atoms with E-state index in [0.29, 0.717) is 23.8 Å². The van der Waals surface area contributed by atoms with Gasteiger partial charge in [0.1, 0.15) is 11.5 Å². The normalized spacial score (nSPS) is 10.9. The lowest BCUT2D eigenvalue weighted by molar-refractivity contribution is -0.118. The summed E-state index contributed by atoms with van der Waals surface area (Å²) in [7, 11) is -3.76. The van der Waals surface area contributed by atoms with E-state index >= 15 is 0 Å². The van der Waals surface area contributed by atoms with Gasteiger partial charge in [-0.3, -0.25) is 9.52 Å². The van der Waals surface area contributed by atoms with Crippen LogP contribution in [0.2, 0.25) is 0 Å². The second-order valence-electron chi connectivity index (χ2n) is 6.69. The Balaban J connectivity index is 1.57. The zero-order valence-electron chi connectivity index (χ0n) is 17.3. The van der Waals surface area contributed by atoms with Crippen molar-refractivity contribution in [2.45, 2.75) is 18.7 Å². The van der Waals surface area contributed by atoms with E-state index in [9.17, 15) is 13.2 Å². The Labute approximate surface area is 182 Å². The molecule has 3 aromatic rings. The molecule has 8 heteroatoms. The maximum Gasteiger partial charge on any atom is 0.262 e. The van der Waals surface area contributed by atoms with E-state index in [-0.39, 0.29) is 17.4 Å². The molecular formula is C23H24N2O5S. The minimum absolute atomic E-state index is 0.0816. The number of hydrogen-bond acceptors (Lipinski definition) is 5. The van der Waals surface area contributed by atoms with Crippen molar-refractivity contribution >= 4 is 27.3 Å². The first kappa shape index (κ1) is 22.2. The highest BCUT2D eigenvalue weighted by Crippen LogP contribution is 2.21. The second-order valence-corrected chi connectivity index (χ2v) is 8.37. The van der Waals surface area contributed by atoms with Crippen LogP contribution < -0.4 is 19.5 Å². The number of aryl methyl sites for hydroxylation is 1. The first-order valence-corrected chi connectivity index (χ1v) is 11.2. The van der Waals surface area contributed by atoms with Gasteiger partial charge in [-0.25, -0.2) is 8.42 Å². The van der Waals surface area contributed by atoms with Crippen LogP contribution in [-0.2, 0) is 14.8 Å². The Kier molecular flexibility index (Phi) is 7.15. The smallest absolute Gasteiger partial charge is 0.262 e. The van der Waals surface area contributed by atoms with Crippen LogP contribution in [0, 0.1) is 6.92 Å². The van der Waals surface area contributed by atoms with Crippen molar-refractivity contribution in [3.8, 4) is 11.5 Å². The molecule has 2 N–H and O–H groups in total. The Morgan fingerprint density at radius 2 is 1.48 bits per heavy atom. The van der Waals surface area contributed by atoms with Crippen molar-refractivity contribution in [1.82, 2.24) is 0 Å². The monoisotopic (exact) mass is 440 g/mol. The molecule has 0 saturated heterocycles. The molecule has 0 radical (unpaired) electrons. The lowest BCUT2D eigenvalue weighted by atomic mass is 10.2. The number of sulfonamides is 1. The highest BCUT2D eigenvalue weighted by molar-refractivity contribution is 7.92. The average molecular weight is 441 g/mol. The molecule has 0 aliphatic carbocycles. The third-order valence-corrected chi connectivity index (χ3v) is 5.74. The summed E-state index contributed by atoms with van der Waals surface area (Å²) in [6, 6.07) is 20.0. The molecule has 0 aliphatic heterocycles. The molecule has 162 valence electrons. The van der Waals surface area contributed by atoms with Crippen LogP contribution in [0.25, 0.3) is 0 Å². The van der Waals surface area contributed by atoms with Gasteiger partial charge in [-0.1, -0.05) is 18.2 Å². The highest BCUT2D eigenvalue weighted by atomic mass is 32.2. The summed E-state index contributed by atoms with van der Waals surface area (Å²) in [6.45, 7) is 4.12. The quantitative estimate of drug-likeness (QED) is 0.520. The lowest BCUT2D eigenvalue weighted by Crippen LogP contribution is -2.20. The van der Waals surface area contributed by atoms with Crippen LogP contribution >= 0.6 is 0 Å². The van der Waals surface area contributed by atoms with Gasteiger partial charge in [0.05, 0.1) is 11.5 Å². The number of hydrogen-bond donors (Lipinski definition) is 2. The first-order valence-electron chi connectivity index (χ1n) is 9.71. The summed E-state index contributed by atoms with van der Waals surface area (Å²) in [4.78, 5) is 12.2. The average Bonchev–Trinajstić information content (AvgIpc) is 2.76. The van der Waals surface area contributed by atoms with Gasteiger partial charge in [-0.05, 0) is 74.0 Å². The van der Waals surface area contributed by atoms with Crippen LogP contribution in [0.3, 0.4) is 0 Å². The van der Waals surface area contributed by atoms with E-state index in [0.717, 1.165) is 11.3 Å². The van der Waals surface area contributed by atoms with E-state index in [4.69, 9.17) is 9.47 Å². The number of para-hydroxylation sites is 1. The summed E-state index contributed by atoms with van der Waals surface area (Å²) in [6.07, 6.45) is 0. The number of amides is 1. The molecule has 0 spiro atoms. The maximum atomic E-state index is 12.6. The number of nitrogens with one attached hydrogen (secondary N) is 2. The molecule has 3 rings (SSSR count). The van der Waals surface area contributed by atoms with Crippen molar-refractivity contribution in [1.29, 1.82) is 0 Å². The van der Waals surface area contributed by atoms with E-state index in [1.807, 2.05) is 38.1 Å². The number of carbonyl (C=O) groups is 1. The number of carbonyl (C=O) groups excluding carboxylic acids is 1. The van der Waals surface area contributed by atoms with E-state index < -0.39 is 10.0 Å². The summed E-state index contributed by atoms with van der Waals surface area (Å²) >= 11 is 0. The Bertz CT molecular complexity index is 1130. The molecule has 0 aromatic heterocycles. The zero-order chi connectivity index (χ0) is 22.3. The molecule has 0 atom stereocenters. The van der Waals surface area contributed by atoms with Crippen molar-refractivity contribution in [2.75, 3.05) is 23.3 Å². The van der Waals surface area contributed by atoms with Gasteiger partial charge in [0.2, 0.25) is 0 Å². The molecule has 0 aliphatic rings. The van der Waals surface area contributed by atoms with Crippen LogP contribution in [0.1, 0.15) is 12.5 Å². The van der Waals surface area contributed by atoms with Crippen LogP contribution in [-0.4, -0.2) is 27.5 Å². The van der Waals surface area contributed by atoms with Gasteiger partial charge in [-0.15, -0.1) is 0 Å².